The molecule has 168 valence electrons. The van der Waals surface area contributed by atoms with E-state index in [1.165, 1.54) is 7.11 Å². The van der Waals surface area contributed by atoms with Crippen molar-refractivity contribution in [2.75, 3.05) is 18.6 Å². The van der Waals surface area contributed by atoms with Crippen LogP contribution in [0.2, 0.25) is 5.02 Å². The number of hydrazine groups is 1. The number of amides is 4. The van der Waals surface area contributed by atoms with Gasteiger partial charge in [0, 0.05) is 11.4 Å². The topological polar surface area (TPSA) is 105 Å². The van der Waals surface area contributed by atoms with Crippen LogP contribution in [0.5, 0.6) is 11.5 Å². The lowest BCUT2D eigenvalue weighted by atomic mass is 10.2. The normalized spacial score (nSPS) is 15.5. The van der Waals surface area contributed by atoms with E-state index in [0.29, 0.717) is 22.2 Å². The van der Waals surface area contributed by atoms with Gasteiger partial charge in [0.1, 0.15) is 17.5 Å². The number of benzene rings is 2. The van der Waals surface area contributed by atoms with Gasteiger partial charge in [-0.3, -0.25) is 24.6 Å². The Morgan fingerprint density at radius 2 is 1.72 bits per heavy atom. The number of ether oxygens (including phenoxy) is 2. The lowest BCUT2D eigenvalue weighted by Crippen LogP contribution is -2.55. The average molecular weight is 460 g/mol. The van der Waals surface area contributed by atoms with Crippen LogP contribution in [-0.4, -0.2) is 48.4 Å². The molecule has 10 heteroatoms. The summed E-state index contributed by atoms with van der Waals surface area (Å²) >= 11 is 5.81. The van der Waals surface area contributed by atoms with Crippen molar-refractivity contribution in [1.29, 1.82) is 0 Å². The number of nitrogens with one attached hydrogen (secondary N) is 1. The van der Waals surface area contributed by atoms with Crippen molar-refractivity contribution in [2.24, 2.45) is 0 Å². The molecule has 1 fully saturated rings. The molecule has 0 radical (unpaired) electrons. The van der Waals surface area contributed by atoms with Gasteiger partial charge in [0.05, 0.1) is 19.2 Å². The Bertz CT molecular complexity index is 1010. The first kappa shape index (κ1) is 23.1. The van der Waals surface area contributed by atoms with E-state index in [9.17, 15) is 19.2 Å². The number of imide groups is 1. The van der Waals surface area contributed by atoms with Crippen molar-refractivity contribution in [3.8, 4) is 11.5 Å². The second kappa shape index (κ2) is 10.1. The van der Waals surface area contributed by atoms with Gasteiger partial charge in [0.15, 0.2) is 6.61 Å². The maximum absolute atomic E-state index is 13.0. The summed E-state index contributed by atoms with van der Waals surface area (Å²) in [4.78, 5) is 51.5. The van der Waals surface area contributed by atoms with Crippen LogP contribution < -0.4 is 19.8 Å². The van der Waals surface area contributed by atoms with E-state index >= 15 is 0 Å². The van der Waals surface area contributed by atoms with Crippen LogP contribution in [-0.2, 0) is 19.2 Å². The molecule has 2 aromatic rings. The fourth-order valence-electron chi connectivity index (χ4n) is 3.15. The molecule has 0 saturated carbocycles. The van der Waals surface area contributed by atoms with E-state index in [2.05, 4.69) is 5.43 Å². The summed E-state index contributed by atoms with van der Waals surface area (Å²) in [6.07, 6.45) is -0.228. The van der Waals surface area contributed by atoms with E-state index in [0.717, 1.165) is 9.91 Å². The number of halogens is 1. The highest BCUT2D eigenvalue weighted by Gasteiger charge is 2.45. The molecule has 0 spiro atoms. The Labute approximate surface area is 189 Å². The van der Waals surface area contributed by atoms with Crippen molar-refractivity contribution in [1.82, 2.24) is 10.4 Å². The number of hydrogen-bond acceptors (Lipinski definition) is 6. The van der Waals surface area contributed by atoms with E-state index in [-0.39, 0.29) is 12.8 Å². The molecule has 1 atom stereocenters. The Morgan fingerprint density at radius 3 is 2.31 bits per heavy atom. The van der Waals surface area contributed by atoms with Crippen LogP contribution in [0.1, 0.15) is 19.8 Å². The number of carbonyl (C=O) groups is 4. The Hall–Kier alpha value is -3.59. The standard InChI is InChI=1S/C22H22ClN3O6/c1-3-20(28)26(24-19(27)13-32-17-8-4-14(23)5-9-17)18-12-21(29)25(22(18)30)15-6-10-16(31-2)11-7-15/h4-11,18H,3,12-13H2,1-2H3,(H,24,27). The summed E-state index contributed by atoms with van der Waals surface area (Å²) in [6, 6.07) is 11.6. The number of hydrogen-bond donors (Lipinski definition) is 1. The predicted octanol–water partition coefficient (Wildman–Crippen LogP) is 2.33. The molecule has 1 aliphatic heterocycles. The minimum Gasteiger partial charge on any atom is -0.497 e. The second-order valence-electron chi connectivity index (χ2n) is 6.88. The van der Waals surface area contributed by atoms with Crippen molar-refractivity contribution in [2.45, 2.75) is 25.8 Å². The van der Waals surface area contributed by atoms with Gasteiger partial charge < -0.3 is 9.47 Å². The molecule has 1 heterocycles. The fourth-order valence-corrected chi connectivity index (χ4v) is 3.28. The molecule has 1 unspecified atom stereocenters. The molecule has 32 heavy (non-hydrogen) atoms. The lowest BCUT2D eigenvalue weighted by molar-refractivity contribution is -0.148. The molecular weight excluding hydrogens is 438 g/mol. The first-order chi connectivity index (χ1) is 15.3. The second-order valence-corrected chi connectivity index (χ2v) is 7.32. The van der Waals surface area contributed by atoms with E-state index < -0.39 is 36.3 Å². The molecule has 4 amide bonds. The summed E-state index contributed by atoms with van der Waals surface area (Å²) < 4.78 is 10.5. The first-order valence-electron chi connectivity index (χ1n) is 9.84. The fraction of sp³-hybridized carbons (Fsp3) is 0.273. The number of carbonyl (C=O) groups excluding carboxylic acids is 4. The van der Waals surface area contributed by atoms with Gasteiger partial charge in [-0.1, -0.05) is 18.5 Å². The highest BCUT2D eigenvalue weighted by Crippen LogP contribution is 2.27. The third-order valence-electron chi connectivity index (χ3n) is 4.76. The van der Waals surface area contributed by atoms with Gasteiger partial charge in [-0.25, -0.2) is 9.91 Å². The highest BCUT2D eigenvalue weighted by molar-refractivity contribution is 6.30. The summed E-state index contributed by atoms with van der Waals surface area (Å²) in [6.45, 7) is 1.19. The van der Waals surface area contributed by atoms with Gasteiger partial charge in [-0.15, -0.1) is 0 Å². The van der Waals surface area contributed by atoms with E-state index in [4.69, 9.17) is 21.1 Å². The largest absolute Gasteiger partial charge is 0.497 e. The molecule has 0 bridgehead atoms. The van der Waals surface area contributed by atoms with Gasteiger partial charge in [-0.05, 0) is 48.5 Å². The summed E-state index contributed by atoms with van der Waals surface area (Å²) in [5.74, 6) is -1.26. The van der Waals surface area contributed by atoms with Crippen LogP contribution in [0.15, 0.2) is 48.5 Å². The molecule has 1 saturated heterocycles. The first-order valence-corrected chi connectivity index (χ1v) is 10.2. The summed E-state index contributed by atoms with van der Waals surface area (Å²) in [5.41, 5.74) is 2.76. The van der Waals surface area contributed by atoms with Gasteiger partial charge >= 0.3 is 0 Å². The van der Waals surface area contributed by atoms with Gasteiger partial charge in [-0.2, -0.15) is 0 Å². The highest BCUT2D eigenvalue weighted by atomic mass is 35.5. The van der Waals surface area contributed by atoms with Crippen LogP contribution in [0, 0.1) is 0 Å². The average Bonchev–Trinajstić information content (AvgIpc) is 3.10. The zero-order valence-corrected chi connectivity index (χ0v) is 18.3. The monoisotopic (exact) mass is 459 g/mol. The zero-order valence-electron chi connectivity index (χ0n) is 17.5. The van der Waals surface area contributed by atoms with Gasteiger partial charge in [0.2, 0.25) is 11.8 Å². The maximum Gasteiger partial charge on any atom is 0.276 e. The third kappa shape index (κ3) is 5.17. The number of methoxy groups -OCH3 is 1. The number of rotatable bonds is 7. The van der Waals surface area contributed by atoms with E-state index in [1.807, 2.05) is 0 Å². The molecule has 0 aromatic heterocycles. The van der Waals surface area contributed by atoms with Crippen molar-refractivity contribution in [3.05, 3.63) is 53.6 Å². The molecule has 1 N–H and O–H groups in total. The van der Waals surface area contributed by atoms with E-state index in [1.54, 1.807) is 55.5 Å². The molecule has 0 aliphatic carbocycles. The Balaban J connectivity index is 1.71. The SMILES string of the molecule is CCC(=O)N(NC(=O)COc1ccc(Cl)cc1)C1CC(=O)N(c2ccc(OC)cc2)C1=O. The molecule has 2 aromatic carbocycles. The Morgan fingerprint density at radius 1 is 1.09 bits per heavy atom. The maximum atomic E-state index is 13.0. The lowest BCUT2D eigenvalue weighted by Gasteiger charge is -2.27. The minimum atomic E-state index is -1.16. The molecule has 9 nitrogen and oxygen atoms in total. The predicted molar refractivity (Wildman–Crippen MR) is 116 cm³/mol. The molecular formula is C22H22ClN3O6. The summed E-state index contributed by atoms with van der Waals surface area (Å²) in [5, 5.41) is 1.43. The zero-order chi connectivity index (χ0) is 23.3. The Kier molecular flexibility index (Phi) is 7.32. The third-order valence-corrected chi connectivity index (χ3v) is 5.02. The van der Waals surface area contributed by atoms with Crippen LogP contribution >= 0.6 is 11.6 Å². The number of nitrogens with zero attached hydrogens (tertiary/aromatic N) is 2. The number of anilines is 1. The van der Waals surface area contributed by atoms with Crippen molar-refractivity contribution < 1.29 is 28.7 Å². The molecule has 1 aliphatic rings. The minimum absolute atomic E-state index is 0.0266. The summed E-state index contributed by atoms with van der Waals surface area (Å²) in [7, 11) is 1.50. The van der Waals surface area contributed by atoms with Crippen LogP contribution in [0.3, 0.4) is 0 Å². The van der Waals surface area contributed by atoms with Crippen molar-refractivity contribution >= 4 is 40.9 Å². The molecule has 3 rings (SSSR count). The van der Waals surface area contributed by atoms with Gasteiger partial charge in [0.25, 0.3) is 11.8 Å². The van der Waals surface area contributed by atoms with Crippen molar-refractivity contribution in [3.63, 3.8) is 0 Å². The van der Waals surface area contributed by atoms with Crippen LogP contribution in [0.25, 0.3) is 0 Å². The smallest absolute Gasteiger partial charge is 0.276 e. The van der Waals surface area contributed by atoms with Crippen LogP contribution in [0.4, 0.5) is 5.69 Å². The quantitative estimate of drug-likeness (QED) is 0.503.